The van der Waals surface area contributed by atoms with Gasteiger partial charge in [-0.05, 0) is 91.3 Å². The first-order valence-electron chi connectivity index (χ1n) is 14.5. The average Bonchev–Trinajstić information content (AvgIpc) is 3.59. The van der Waals surface area contributed by atoms with Crippen LogP contribution in [0.15, 0.2) is 164 Å². The number of pyridine rings is 1. The number of hydrogen-bond donors (Lipinski definition) is 0. The van der Waals surface area contributed by atoms with Crippen molar-refractivity contribution in [2.24, 2.45) is 0 Å². The van der Waals surface area contributed by atoms with Crippen LogP contribution < -0.4 is 0 Å². The van der Waals surface area contributed by atoms with Crippen LogP contribution in [0.25, 0.3) is 75.9 Å². The number of fused-ring (bicyclic) bond motifs is 2. The molecule has 202 valence electrons. The topological polar surface area (TPSA) is 12.9 Å². The highest BCUT2D eigenvalue weighted by atomic mass is 32.1. The second-order valence-corrected chi connectivity index (χ2v) is 11.8. The molecular weight excluding hydrogens is 539 g/mol. The van der Waals surface area contributed by atoms with Crippen LogP contribution in [0, 0.1) is 0 Å². The maximum atomic E-state index is 4.55. The van der Waals surface area contributed by atoms with Gasteiger partial charge in [0.2, 0.25) is 0 Å². The zero-order chi connectivity index (χ0) is 28.6. The third kappa shape index (κ3) is 4.63. The van der Waals surface area contributed by atoms with Gasteiger partial charge in [0.1, 0.15) is 0 Å². The average molecular weight is 566 g/mol. The van der Waals surface area contributed by atoms with E-state index in [0.29, 0.717) is 0 Å². The molecule has 0 fully saturated rings. The minimum Gasteiger partial charge on any atom is -0.256 e. The summed E-state index contributed by atoms with van der Waals surface area (Å²) in [4.78, 5) is 7.06. The van der Waals surface area contributed by atoms with Gasteiger partial charge < -0.3 is 0 Å². The molecule has 0 unspecified atom stereocenters. The molecule has 0 aliphatic carbocycles. The van der Waals surface area contributed by atoms with Crippen LogP contribution in [0.5, 0.6) is 0 Å². The Labute approximate surface area is 255 Å². The lowest BCUT2D eigenvalue weighted by Crippen LogP contribution is -1.91. The van der Waals surface area contributed by atoms with Gasteiger partial charge in [0, 0.05) is 21.5 Å². The Kier molecular flexibility index (Phi) is 6.40. The van der Waals surface area contributed by atoms with Crippen LogP contribution >= 0.6 is 11.3 Å². The molecule has 2 heterocycles. The van der Waals surface area contributed by atoms with Crippen LogP contribution in [0.1, 0.15) is 0 Å². The minimum atomic E-state index is 0.991. The maximum Gasteiger partial charge on any atom is 0.0702 e. The Bertz CT molecular complexity index is 2210. The molecule has 0 amide bonds. The number of nitrogens with zero attached hydrogens (tertiary/aromatic N) is 1. The third-order valence-electron chi connectivity index (χ3n) is 8.15. The van der Waals surface area contributed by atoms with Gasteiger partial charge in [0.25, 0.3) is 0 Å². The van der Waals surface area contributed by atoms with Gasteiger partial charge in [0.05, 0.1) is 5.69 Å². The largest absolute Gasteiger partial charge is 0.256 e. The molecule has 0 spiro atoms. The van der Waals surface area contributed by atoms with E-state index in [0.717, 1.165) is 11.3 Å². The van der Waals surface area contributed by atoms with E-state index < -0.39 is 0 Å². The first kappa shape index (κ1) is 25.4. The van der Waals surface area contributed by atoms with E-state index in [1.165, 1.54) is 64.7 Å². The maximum absolute atomic E-state index is 4.55. The summed E-state index contributed by atoms with van der Waals surface area (Å²) in [7, 11) is 0. The zero-order valence-electron chi connectivity index (χ0n) is 23.4. The van der Waals surface area contributed by atoms with Gasteiger partial charge in [-0.3, -0.25) is 4.98 Å². The van der Waals surface area contributed by atoms with Crippen LogP contribution in [-0.4, -0.2) is 4.98 Å². The number of hydrogen-bond acceptors (Lipinski definition) is 2. The van der Waals surface area contributed by atoms with Gasteiger partial charge in [-0.1, -0.05) is 121 Å². The summed E-state index contributed by atoms with van der Waals surface area (Å²) in [6, 6.07) is 56.7. The second-order valence-electron chi connectivity index (χ2n) is 10.7. The number of thiophene rings is 1. The molecule has 0 aliphatic rings. The SMILES string of the molecule is c1ccc(-c2c3ccccc3c(-c3ccccc3)c3cc(-c4ccc(-c5cccc(-c6ccccn6)c5)s4)ccc23)cc1. The standard InChI is InChI=1S/C41H27NS/c1-3-12-28(13-4-1)40-33-18-7-8-19-34(33)41(29-14-5-2-6-15-29)36-27-32(21-22-35(36)40)39-24-23-38(43-39)31-17-11-16-30(26-31)37-20-9-10-25-42-37/h1-27H. The number of aromatic nitrogens is 1. The summed E-state index contributed by atoms with van der Waals surface area (Å²) in [6.45, 7) is 0. The highest BCUT2D eigenvalue weighted by molar-refractivity contribution is 7.18. The summed E-state index contributed by atoms with van der Waals surface area (Å²) in [6.07, 6.45) is 1.85. The molecule has 0 radical (unpaired) electrons. The first-order valence-corrected chi connectivity index (χ1v) is 15.4. The van der Waals surface area contributed by atoms with Crippen LogP contribution in [0.3, 0.4) is 0 Å². The molecule has 0 saturated carbocycles. The van der Waals surface area contributed by atoms with Crippen molar-refractivity contribution in [3.63, 3.8) is 0 Å². The van der Waals surface area contributed by atoms with E-state index >= 15 is 0 Å². The molecule has 6 aromatic carbocycles. The van der Waals surface area contributed by atoms with Crippen molar-refractivity contribution in [2.45, 2.75) is 0 Å². The Balaban J connectivity index is 1.32. The highest BCUT2D eigenvalue weighted by Gasteiger charge is 2.17. The fraction of sp³-hybridized carbons (Fsp3) is 0. The quantitative estimate of drug-likeness (QED) is 0.189. The number of rotatable bonds is 5. The normalized spacial score (nSPS) is 11.3. The van der Waals surface area contributed by atoms with Crippen molar-refractivity contribution in [2.75, 3.05) is 0 Å². The molecule has 0 atom stereocenters. The molecule has 8 aromatic rings. The van der Waals surface area contributed by atoms with Crippen molar-refractivity contribution < 1.29 is 0 Å². The summed E-state index contributed by atoms with van der Waals surface area (Å²) in [5, 5.41) is 5.09. The van der Waals surface area contributed by atoms with Crippen molar-refractivity contribution in [3.05, 3.63) is 164 Å². The lowest BCUT2D eigenvalue weighted by Gasteiger charge is -2.18. The molecule has 0 aliphatic heterocycles. The Morgan fingerprint density at radius 2 is 0.884 bits per heavy atom. The van der Waals surface area contributed by atoms with Gasteiger partial charge >= 0.3 is 0 Å². The minimum absolute atomic E-state index is 0.991. The van der Waals surface area contributed by atoms with E-state index in [1.54, 1.807) is 0 Å². The van der Waals surface area contributed by atoms with Crippen LogP contribution in [0.2, 0.25) is 0 Å². The molecule has 0 saturated heterocycles. The Morgan fingerprint density at radius 1 is 0.349 bits per heavy atom. The lowest BCUT2D eigenvalue weighted by molar-refractivity contribution is 1.33. The van der Waals surface area contributed by atoms with Crippen molar-refractivity contribution in [3.8, 4) is 54.4 Å². The summed E-state index contributed by atoms with van der Waals surface area (Å²) in [5.74, 6) is 0. The molecule has 0 bridgehead atoms. The van der Waals surface area contributed by atoms with Gasteiger partial charge in [-0.2, -0.15) is 0 Å². The molecule has 0 N–H and O–H groups in total. The van der Waals surface area contributed by atoms with Gasteiger partial charge in [-0.15, -0.1) is 11.3 Å². The van der Waals surface area contributed by atoms with Gasteiger partial charge in [-0.25, -0.2) is 0 Å². The molecular formula is C41H27NS. The van der Waals surface area contributed by atoms with E-state index in [9.17, 15) is 0 Å². The van der Waals surface area contributed by atoms with E-state index in [-0.39, 0.29) is 0 Å². The van der Waals surface area contributed by atoms with E-state index in [4.69, 9.17) is 0 Å². The molecule has 8 rings (SSSR count). The van der Waals surface area contributed by atoms with Crippen molar-refractivity contribution in [1.29, 1.82) is 0 Å². The first-order chi connectivity index (χ1) is 21.3. The predicted molar refractivity (Wildman–Crippen MR) is 184 cm³/mol. The smallest absolute Gasteiger partial charge is 0.0702 e. The number of benzene rings is 6. The second kappa shape index (κ2) is 10.8. The molecule has 1 nitrogen and oxygen atoms in total. The zero-order valence-corrected chi connectivity index (χ0v) is 24.3. The van der Waals surface area contributed by atoms with Gasteiger partial charge in [0.15, 0.2) is 0 Å². The predicted octanol–water partition coefficient (Wildman–Crippen LogP) is 11.8. The Hall–Kier alpha value is -5.31. The van der Waals surface area contributed by atoms with E-state index in [2.05, 4.69) is 151 Å². The molecule has 43 heavy (non-hydrogen) atoms. The monoisotopic (exact) mass is 565 g/mol. The molecule has 2 aromatic heterocycles. The fourth-order valence-corrected chi connectivity index (χ4v) is 7.18. The van der Waals surface area contributed by atoms with Crippen molar-refractivity contribution in [1.82, 2.24) is 4.98 Å². The summed E-state index contributed by atoms with van der Waals surface area (Å²) in [5.41, 5.74) is 9.61. The van der Waals surface area contributed by atoms with Crippen molar-refractivity contribution >= 4 is 32.9 Å². The fourth-order valence-electron chi connectivity index (χ4n) is 6.18. The summed E-state index contributed by atoms with van der Waals surface area (Å²) < 4.78 is 0. The highest BCUT2D eigenvalue weighted by Crippen LogP contribution is 2.45. The Morgan fingerprint density at radius 3 is 1.53 bits per heavy atom. The molecule has 2 heteroatoms. The summed E-state index contributed by atoms with van der Waals surface area (Å²) >= 11 is 1.84. The third-order valence-corrected chi connectivity index (χ3v) is 9.33. The van der Waals surface area contributed by atoms with E-state index in [1.807, 2.05) is 29.7 Å². The van der Waals surface area contributed by atoms with Crippen LogP contribution in [0.4, 0.5) is 0 Å². The van der Waals surface area contributed by atoms with Crippen LogP contribution in [-0.2, 0) is 0 Å². The lowest BCUT2D eigenvalue weighted by atomic mass is 9.85.